The molecule has 0 spiro atoms. The van der Waals surface area contributed by atoms with E-state index in [-0.39, 0.29) is 11.5 Å². The Morgan fingerprint density at radius 1 is 1.30 bits per heavy atom. The van der Waals surface area contributed by atoms with E-state index in [0.29, 0.717) is 11.0 Å². The minimum absolute atomic E-state index is 0.0896. The van der Waals surface area contributed by atoms with Crippen molar-refractivity contribution < 1.29 is 4.79 Å². The summed E-state index contributed by atoms with van der Waals surface area (Å²) in [6, 6.07) is 0. The van der Waals surface area contributed by atoms with E-state index in [1.54, 1.807) is 0 Å². The van der Waals surface area contributed by atoms with Gasteiger partial charge in [-0.2, -0.15) is 0 Å². The van der Waals surface area contributed by atoms with Gasteiger partial charge in [-0.1, -0.05) is 25.2 Å². The van der Waals surface area contributed by atoms with E-state index in [1.165, 1.54) is 23.7 Å². The normalized spacial score (nSPS) is 10.8. The molecule has 0 fully saturated rings. The topological polar surface area (TPSA) is 107 Å². The molecule has 0 aliphatic rings. The van der Waals surface area contributed by atoms with Crippen LogP contribution >= 0.6 is 11.3 Å². The lowest BCUT2D eigenvalue weighted by molar-refractivity contribution is 0.102. The average Bonchev–Trinajstić information content (AvgIpc) is 2.89. The SMILES string of the molecule is CCC(CC)c1nnc(NC(=O)c2nccnc2N)s1. The molecule has 0 aliphatic heterocycles. The number of nitrogens with zero attached hydrogens (tertiary/aromatic N) is 4. The number of carbonyl (C=O) groups is 1. The Kier molecular flexibility index (Phi) is 4.57. The van der Waals surface area contributed by atoms with Gasteiger partial charge in [-0.25, -0.2) is 9.97 Å². The summed E-state index contributed by atoms with van der Waals surface area (Å²) in [6.45, 7) is 4.21. The molecule has 0 radical (unpaired) electrons. The highest BCUT2D eigenvalue weighted by atomic mass is 32.1. The Balaban J connectivity index is 2.11. The molecule has 2 heterocycles. The lowest BCUT2D eigenvalue weighted by Crippen LogP contribution is -2.16. The number of nitrogens with two attached hydrogens (primary N) is 1. The summed E-state index contributed by atoms with van der Waals surface area (Å²) in [4.78, 5) is 19.7. The molecule has 2 aromatic rings. The van der Waals surface area contributed by atoms with Crippen molar-refractivity contribution in [3.05, 3.63) is 23.1 Å². The molecule has 1 amide bonds. The van der Waals surface area contributed by atoms with Crippen molar-refractivity contribution in [1.29, 1.82) is 0 Å². The van der Waals surface area contributed by atoms with E-state index in [0.717, 1.165) is 17.8 Å². The standard InChI is InChI=1S/C12H16N6OS/c1-3-7(4-2)11-17-18-12(20-11)16-10(19)8-9(13)15-6-5-14-8/h5-7H,3-4H2,1-2H3,(H2,13,15)(H,16,18,19). The van der Waals surface area contributed by atoms with Gasteiger partial charge in [0.1, 0.15) is 5.01 Å². The maximum Gasteiger partial charge on any atom is 0.279 e. The van der Waals surface area contributed by atoms with Crippen LogP contribution in [0.15, 0.2) is 12.4 Å². The summed E-state index contributed by atoms with van der Waals surface area (Å²) in [5.74, 6) is 0.0392. The van der Waals surface area contributed by atoms with Crippen LogP contribution < -0.4 is 11.1 Å². The third-order valence-corrected chi connectivity index (χ3v) is 3.94. The third-order valence-electron chi connectivity index (χ3n) is 2.94. The van der Waals surface area contributed by atoms with Gasteiger partial charge in [0.25, 0.3) is 5.91 Å². The first-order chi connectivity index (χ1) is 9.65. The lowest BCUT2D eigenvalue weighted by atomic mass is 10.1. The first kappa shape index (κ1) is 14.3. The first-order valence-electron chi connectivity index (χ1n) is 6.36. The predicted molar refractivity (Wildman–Crippen MR) is 77.6 cm³/mol. The molecule has 106 valence electrons. The van der Waals surface area contributed by atoms with Crippen molar-refractivity contribution >= 4 is 28.2 Å². The molecule has 2 rings (SSSR count). The largest absolute Gasteiger partial charge is 0.382 e. The van der Waals surface area contributed by atoms with E-state index >= 15 is 0 Å². The van der Waals surface area contributed by atoms with Crippen LogP contribution in [-0.2, 0) is 0 Å². The van der Waals surface area contributed by atoms with E-state index in [1.807, 2.05) is 0 Å². The molecule has 0 unspecified atom stereocenters. The molecular formula is C12H16N6OS. The third kappa shape index (κ3) is 3.08. The molecule has 0 bridgehead atoms. The number of anilines is 2. The fourth-order valence-electron chi connectivity index (χ4n) is 1.77. The highest BCUT2D eigenvalue weighted by Crippen LogP contribution is 2.28. The molecule has 3 N–H and O–H groups in total. The van der Waals surface area contributed by atoms with Gasteiger partial charge in [0, 0.05) is 18.3 Å². The van der Waals surface area contributed by atoms with Crippen LogP contribution in [0.2, 0.25) is 0 Å². The number of amides is 1. The molecule has 20 heavy (non-hydrogen) atoms. The Bertz CT molecular complexity index is 595. The molecule has 7 nitrogen and oxygen atoms in total. The van der Waals surface area contributed by atoms with Gasteiger partial charge in [-0.05, 0) is 12.8 Å². The first-order valence-corrected chi connectivity index (χ1v) is 7.18. The van der Waals surface area contributed by atoms with Crippen LogP contribution in [0, 0.1) is 0 Å². The minimum atomic E-state index is -0.428. The second-order valence-corrected chi connectivity index (χ2v) is 5.21. The maximum atomic E-state index is 12.0. The molecule has 0 aromatic carbocycles. The summed E-state index contributed by atoms with van der Waals surface area (Å²) in [5.41, 5.74) is 5.69. The highest BCUT2D eigenvalue weighted by Gasteiger charge is 2.17. The van der Waals surface area contributed by atoms with Crippen molar-refractivity contribution in [3.8, 4) is 0 Å². The van der Waals surface area contributed by atoms with E-state index < -0.39 is 5.91 Å². The van der Waals surface area contributed by atoms with Gasteiger partial charge in [0.15, 0.2) is 11.5 Å². The summed E-state index contributed by atoms with van der Waals surface area (Å²) in [6.07, 6.45) is 4.84. The van der Waals surface area contributed by atoms with Crippen molar-refractivity contribution in [2.24, 2.45) is 0 Å². The van der Waals surface area contributed by atoms with Crippen LogP contribution in [0.4, 0.5) is 10.9 Å². The zero-order valence-corrected chi connectivity index (χ0v) is 12.1. The summed E-state index contributed by atoms with van der Waals surface area (Å²) in [5, 5.41) is 12.1. The van der Waals surface area contributed by atoms with Gasteiger partial charge in [0.05, 0.1) is 0 Å². The fraction of sp³-hybridized carbons (Fsp3) is 0.417. The maximum absolute atomic E-state index is 12.0. The Morgan fingerprint density at radius 3 is 2.65 bits per heavy atom. The number of aromatic nitrogens is 4. The molecule has 2 aromatic heterocycles. The van der Waals surface area contributed by atoms with Crippen molar-refractivity contribution in [2.45, 2.75) is 32.6 Å². The van der Waals surface area contributed by atoms with Crippen molar-refractivity contribution in [3.63, 3.8) is 0 Å². The summed E-state index contributed by atoms with van der Waals surface area (Å²) < 4.78 is 0. The van der Waals surface area contributed by atoms with Crippen molar-refractivity contribution in [2.75, 3.05) is 11.1 Å². The number of hydrogen-bond donors (Lipinski definition) is 2. The molecule has 8 heteroatoms. The Morgan fingerprint density at radius 2 is 2.00 bits per heavy atom. The molecular weight excluding hydrogens is 276 g/mol. The van der Waals surface area contributed by atoms with Crippen molar-refractivity contribution in [1.82, 2.24) is 20.2 Å². The van der Waals surface area contributed by atoms with E-state index in [4.69, 9.17) is 5.73 Å². The second-order valence-electron chi connectivity index (χ2n) is 4.20. The van der Waals surface area contributed by atoms with Gasteiger partial charge in [-0.15, -0.1) is 10.2 Å². The van der Waals surface area contributed by atoms with Gasteiger partial charge >= 0.3 is 0 Å². The van der Waals surface area contributed by atoms with Gasteiger partial charge in [-0.3, -0.25) is 10.1 Å². The fourth-order valence-corrected chi connectivity index (χ4v) is 2.77. The lowest BCUT2D eigenvalue weighted by Gasteiger charge is -2.05. The number of hydrogen-bond acceptors (Lipinski definition) is 7. The number of nitrogen functional groups attached to an aromatic ring is 1. The number of nitrogens with one attached hydrogen (secondary N) is 1. The van der Waals surface area contributed by atoms with E-state index in [2.05, 4.69) is 39.3 Å². The molecule has 0 atom stereocenters. The predicted octanol–water partition coefficient (Wildman–Crippen LogP) is 2.07. The van der Waals surface area contributed by atoms with Gasteiger partial charge < -0.3 is 5.73 Å². The Hall–Kier alpha value is -2.09. The zero-order valence-electron chi connectivity index (χ0n) is 11.3. The second kappa shape index (κ2) is 6.38. The number of carbonyl (C=O) groups excluding carboxylic acids is 1. The van der Waals surface area contributed by atoms with Crippen LogP contribution in [0.3, 0.4) is 0 Å². The van der Waals surface area contributed by atoms with Crippen LogP contribution in [0.25, 0.3) is 0 Å². The summed E-state index contributed by atoms with van der Waals surface area (Å²) in [7, 11) is 0. The van der Waals surface area contributed by atoms with Crippen LogP contribution in [0.5, 0.6) is 0 Å². The Labute approximate surface area is 120 Å². The smallest absolute Gasteiger partial charge is 0.279 e. The van der Waals surface area contributed by atoms with Crippen LogP contribution in [-0.4, -0.2) is 26.1 Å². The molecule has 0 aliphatic carbocycles. The summed E-state index contributed by atoms with van der Waals surface area (Å²) >= 11 is 1.38. The van der Waals surface area contributed by atoms with Crippen LogP contribution in [0.1, 0.15) is 48.1 Å². The minimum Gasteiger partial charge on any atom is -0.382 e. The quantitative estimate of drug-likeness (QED) is 0.873. The monoisotopic (exact) mass is 292 g/mol. The molecule has 0 saturated heterocycles. The number of rotatable bonds is 5. The average molecular weight is 292 g/mol. The zero-order chi connectivity index (χ0) is 14.5. The molecule has 0 saturated carbocycles. The van der Waals surface area contributed by atoms with E-state index in [9.17, 15) is 4.79 Å². The van der Waals surface area contributed by atoms with Gasteiger partial charge in [0.2, 0.25) is 5.13 Å². The highest BCUT2D eigenvalue weighted by molar-refractivity contribution is 7.15.